The monoisotopic (exact) mass is 254 g/mol. The van der Waals surface area contributed by atoms with Crippen LogP contribution in [0.25, 0.3) is 11.1 Å². The first-order valence-electron chi connectivity index (χ1n) is 6.11. The van der Waals surface area contributed by atoms with Crippen LogP contribution in [0.1, 0.15) is 28.4 Å². The summed E-state index contributed by atoms with van der Waals surface area (Å²) in [5.74, 6) is -0.394. The number of aliphatic hydroxyl groups is 1. The molecular weight excluding hydrogens is 240 g/mol. The Labute approximate surface area is 111 Å². The largest absolute Gasteiger partial charge is 0.465 e. The number of fused-ring (bicyclic) bond motifs is 3. The lowest BCUT2D eigenvalue weighted by molar-refractivity contribution is 0.0600. The van der Waals surface area contributed by atoms with Crippen LogP contribution in [0.15, 0.2) is 42.5 Å². The number of esters is 1. The van der Waals surface area contributed by atoms with Crippen molar-refractivity contribution in [2.45, 2.75) is 12.5 Å². The van der Waals surface area contributed by atoms with Crippen molar-refractivity contribution in [3.63, 3.8) is 0 Å². The molecule has 1 N–H and O–H groups in total. The van der Waals surface area contributed by atoms with Gasteiger partial charge in [0.15, 0.2) is 0 Å². The zero-order valence-electron chi connectivity index (χ0n) is 10.8. The molecule has 19 heavy (non-hydrogen) atoms. The van der Waals surface area contributed by atoms with Gasteiger partial charge in [-0.05, 0) is 41.3 Å². The molecule has 2 aromatic carbocycles. The Morgan fingerprint density at radius 1 is 1.11 bits per heavy atom. The molecule has 0 saturated carbocycles. The summed E-state index contributed by atoms with van der Waals surface area (Å²) < 4.78 is 4.72. The number of rotatable bonds is 1. The second kappa shape index (κ2) is 3.93. The van der Waals surface area contributed by atoms with Crippen molar-refractivity contribution >= 4 is 5.97 Å². The molecule has 0 aliphatic heterocycles. The first-order valence-corrected chi connectivity index (χ1v) is 6.11. The van der Waals surface area contributed by atoms with E-state index in [0.717, 1.165) is 22.3 Å². The van der Waals surface area contributed by atoms with E-state index < -0.39 is 11.6 Å². The van der Waals surface area contributed by atoms with Crippen molar-refractivity contribution in [1.29, 1.82) is 0 Å². The number of carbonyl (C=O) groups is 1. The molecule has 1 atom stereocenters. The minimum atomic E-state index is -1.07. The summed E-state index contributed by atoms with van der Waals surface area (Å²) >= 11 is 0. The molecule has 0 spiro atoms. The van der Waals surface area contributed by atoms with Crippen molar-refractivity contribution in [3.05, 3.63) is 59.2 Å². The zero-order chi connectivity index (χ0) is 13.6. The van der Waals surface area contributed by atoms with Crippen molar-refractivity contribution in [2.75, 3.05) is 7.11 Å². The van der Waals surface area contributed by atoms with Crippen molar-refractivity contribution in [2.24, 2.45) is 0 Å². The SMILES string of the molecule is COC(=O)c1ccc2c(c1)C(C)(O)c1ccccc1-2. The third kappa shape index (κ3) is 1.59. The van der Waals surface area contributed by atoms with E-state index in [9.17, 15) is 9.90 Å². The van der Waals surface area contributed by atoms with Gasteiger partial charge < -0.3 is 9.84 Å². The average Bonchev–Trinajstić information content (AvgIpc) is 2.67. The van der Waals surface area contributed by atoms with Crippen LogP contribution in [-0.2, 0) is 10.3 Å². The second-order valence-corrected chi connectivity index (χ2v) is 4.87. The van der Waals surface area contributed by atoms with Crippen LogP contribution in [-0.4, -0.2) is 18.2 Å². The van der Waals surface area contributed by atoms with Gasteiger partial charge in [-0.1, -0.05) is 30.3 Å². The van der Waals surface area contributed by atoms with Gasteiger partial charge in [-0.3, -0.25) is 0 Å². The highest BCUT2D eigenvalue weighted by Gasteiger charge is 2.37. The molecule has 3 nitrogen and oxygen atoms in total. The van der Waals surface area contributed by atoms with E-state index in [1.807, 2.05) is 30.3 Å². The quantitative estimate of drug-likeness (QED) is 0.796. The molecule has 1 aliphatic rings. The van der Waals surface area contributed by atoms with E-state index in [1.54, 1.807) is 19.1 Å². The zero-order valence-corrected chi connectivity index (χ0v) is 10.8. The Hall–Kier alpha value is -2.13. The van der Waals surface area contributed by atoms with Gasteiger partial charge in [-0.2, -0.15) is 0 Å². The molecule has 0 aromatic heterocycles. The van der Waals surface area contributed by atoms with E-state index in [2.05, 4.69) is 0 Å². The minimum Gasteiger partial charge on any atom is -0.465 e. The van der Waals surface area contributed by atoms with Crippen molar-refractivity contribution in [1.82, 2.24) is 0 Å². The Kier molecular flexibility index (Phi) is 2.47. The number of benzene rings is 2. The van der Waals surface area contributed by atoms with E-state index in [4.69, 9.17) is 4.74 Å². The fraction of sp³-hybridized carbons (Fsp3) is 0.188. The van der Waals surface area contributed by atoms with E-state index in [-0.39, 0.29) is 0 Å². The number of hydrogen-bond acceptors (Lipinski definition) is 3. The van der Waals surface area contributed by atoms with Crippen LogP contribution >= 0.6 is 0 Å². The summed E-state index contributed by atoms with van der Waals surface area (Å²) in [5.41, 5.74) is 2.97. The van der Waals surface area contributed by atoms with Gasteiger partial charge in [0.2, 0.25) is 0 Å². The van der Waals surface area contributed by atoms with Crippen molar-refractivity contribution < 1.29 is 14.6 Å². The van der Waals surface area contributed by atoms with E-state index >= 15 is 0 Å². The Balaban J connectivity index is 2.24. The normalized spacial score (nSPS) is 19.7. The first kappa shape index (κ1) is 11.9. The third-order valence-electron chi connectivity index (χ3n) is 3.71. The van der Waals surface area contributed by atoms with Crippen molar-refractivity contribution in [3.8, 4) is 11.1 Å². The Morgan fingerprint density at radius 2 is 1.79 bits per heavy atom. The summed E-state index contributed by atoms with van der Waals surface area (Å²) in [5, 5.41) is 10.7. The van der Waals surface area contributed by atoms with E-state index in [1.165, 1.54) is 7.11 Å². The highest BCUT2D eigenvalue weighted by molar-refractivity contribution is 5.92. The summed E-state index contributed by atoms with van der Waals surface area (Å²) in [6.07, 6.45) is 0. The molecule has 0 fully saturated rings. The average molecular weight is 254 g/mol. The molecule has 0 radical (unpaired) electrons. The molecule has 1 aliphatic carbocycles. The van der Waals surface area contributed by atoms with Crippen LogP contribution in [0.3, 0.4) is 0 Å². The van der Waals surface area contributed by atoms with E-state index in [0.29, 0.717) is 5.56 Å². The summed E-state index contributed by atoms with van der Waals surface area (Å²) in [4.78, 5) is 11.6. The highest BCUT2D eigenvalue weighted by Crippen LogP contribution is 2.47. The maximum absolute atomic E-state index is 11.6. The second-order valence-electron chi connectivity index (χ2n) is 4.87. The van der Waals surface area contributed by atoms with Gasteiger partial charge in [-0.25, -0.2) is 4.79 Å². The topological polar surface area (TPSA) is 46.5 Å². The number of methoxy groups -OCH3 is 1. The lowest BCUT2D eigenvalue weighted by Crippen LogP contribution is -2.19. The maximum Gasteiger partial charge on any atom is 0.337 e. The van der Waals surface area contributed by atoms with Gasteiger partial charge in [0.05, 0.1) is 12.7 Å². The van der Waals surface area contributed by atoms with Gasteiger partial charge in [0.1, 0.15) is 5.60 Å². The van der Waals surface area contributed by atoms with Crippen LogP contribution in [0, 0.1) is 0 Å². The Bertz CT molecular complexity index is 671. The summed E-state index contributed by atoms with van der Waals surface area (Å²) in [6.45, 7) is 1.75. The highest BCUT2D eigenvalue weighted by atomic mass is 16.5. The van der Waals surface area contributed by atoms with Gasteiger partial charge in [0.25, 0.3) is 0 Å². The fourth-order valence-electron chi connectivity index (χ4n) is 2.71. The maximum atomic E-state index is 11.6. The van der Waals surface area contributed by atoms with Crippen LogP contribution in [0.4, 0.5) is 0 Å². The lowest BCUT2D eigenvalue weighted by atomic mass is 9.93. The number of carbonyl (C=O) groups excluding carboxylic acids is 1. The van der Waals surface area contributed by atoms with Gasteiger partial charge in [0, 0.05) is 0 Å². The minimum absolute atomic E-state index is 0.394. The predicted molar refractivity (Wildman–Crippen MR) is 71.9 cm³/mol. The van der Waals surface area contributed by atoms with Crippen LogP contribution in [0.5, 0.6) is 0 Å². The predicted octanol–water partition coefficient (Wildman–Crippen LogP) is 2.71. The lowest BCUT2D eigenvalue weighted by Gasteiger charge is -2.20. The molecule has 0 amide bonds. The van der Waals surface area contributed by atoms with Crippen LogP contribution in [0.2, 0.25) is 0 Å². The molecule has 0 heterocycles. The molecule has 1 unspecified atom stereocenters. The molecule has 3 rings (SSSR count). The molecule has 0 saturated heterocycles. The molecule has 2 aromatic rings. The standard InChI is InChI=1S/C16H14O3/c1-16(18)13-6-4-3-5-11(13)12-8-7-10(9-14(12)16)15(17)19-2/h3-9,18H,1-2H3. The summed E-state index contributed by atoms with van der Waals surface area (Å²) in [6, 6.07) is 13.0. The molecular formula is C16H14O3. The third-order valence-corrected chi connectivity index (χ3v) is 3.71. The van der Waals surface area contributed by atoms with Crippen LogP contribution < -0.4 is 0 Å². The van der Waals surface area contributed by atoms with Gasteiger partial charge >= 0.3 is 5.97 Å². The smallest absolute Gasteiger partial charge is 0.337 e. The summed E-state index contributed by atoms with van der Waals surface area (Å²) in [7, 11) is 1.35. The number of hydrogen-bond donors (Lipinski definition) is 1. The molecule has 3 heteroatoms. The van der Waals surface area contributed by atoms with Gasteiger partial charge in [-0.15, -0.1) is 0 Å². The number of ether oxygens (including phenoxy) is 1. The molecule has 0 bridgehead atoms. The first-order chi connectivity index (χ1) is 9.05. The Morgan fingerprint density at radius 3 is 2.53 bits per heavy atom. The fourth-order valence-corrected chi connectivity index (χ4v) is 2.71. The molecule has 96 valence electrons.